The van der Waals surface area contributed by atoms with E-state index in [2.05, 4.69) is 10.0 Å². The van der Waals surface area contributed by atoms with E-state index in [0.717, 1.165) is 18.4 Å². The van der Waals surface area contributed by atoms with E-state index >= 15 is 0 Å². The van der Waals surface area contributed by atoms with Crippen LogP contribution in [-0.4, -0.2) is 40.1 Å². The monoisotopic (exact) mass is 456 g/mol. The van der Waals surface area contributed by atoms with Crippen LogP contribution in [0.5, 0.6) is 0 Å². The lowest BCUT2D eigenvalue weighted by Crippen LogP contribution is -2.32. The zero-order chi connectivity index (χ0) is 20.9. The molecule has 0 aromatic heterocycles. The quantitative estimate of drug-likeness (QED) is 0.636. The van der Waals surface area contributed by atoms with Gasteiger partial charge >= 0.3 is 0 Å². The molecule has 0 spiro atoms. The molecule has 2 N–H and O–H groups in total. The van der Waals surface area contributed by atoms with Gasteiger partial charge in [-0.05, 0) is 55.2 Å². The number of halogens is 2. The topological polar surface area (TPSA) is 84.5 Å². The molecule has 0 radical (unpaired) electrons. The molecule has 156 valence electrons. The maximum atomic E-state index is 12.6. The summed E-state index contributed by atoms with van der Waals surface area (Å²) in [6.07, 6.45) is 2.22. The molecule has 2 aromatic carbocycles. The lowest BCUT2D eigenvalue weighted by atomic mass is 10.1. The van der Waals surface area contributed by atoms with Gasteiger partial charge in [0, 0.05) is 30.3 Å². The van der Waals surface area contributed by atoms with Gasteiger partial charge < -0.3 is 10.1 Å². The summed E-state index contributed by atoms with van der Waals surface area (Å²) in [5.41, 5.74) is 1.26. The van der Waals surface area contributed by atoms with E-state index in [4.69, 9.17) is 27.9 Å². The normalized spacial score (nSPS) is 16.7. The van der Waals surface area contributed by atoms with Crippen molar-refractivity contribution in [2.75, 3.05) is 19.7 Å². The van der Waals surface area contributed by atoms with Crippen molar-refractivity contribution in [3.8, 4) is 0 Å². The van der Waals surface area contributed by atoms with Crippen molar-refractivity contribution in [3.05, 3.63) is 63.6 Å². The third-order valence-corrected chi connectivity index (χ3v) is 6.78. The largest absolute Gasteiger partial charge is 0.377 e. The van der Waals surface area contributed by atoms with Gasteiger partial charge in [0.1, 0.15) is 4.90 Å². The van der Waals surface area contributed by atoms with Crippen LogP contribution in [0.1, 0.15) is 28.8 Å². The molecule has 2 aromatic rings. The van der Waals surface area contributed by atoms with Crippen LogP contribution in [0.4, 0.5) is 0 Å². The Balaban J connectivity index is 1.62. The first-order valence-corrected chi connectivity index (χ1v) is 11.5. The second kappa shape index (κ2) is 9.91. The first-order chi connectivity index (χ1) is 13.8. The van der Waals surface area contributed by atoms with Gasteiger partial charge in [0.2, 0.25) is 10.0 Å². The average molecular weight is 457 g/mol. The number of hydrogen-bond acceptors (Lipinski definition) is 4. The molecule has 3 rings (SSSR count). The fourth-order valence-electron chi connectivity index (χ4n) is 3.01. The van der Waals surface area contributed by atoms with E-state index in [1.54, 1.807) is 12.1 Å². The summed E-state index contributed by atoms with van der Waals surface area (Å²) in [6, 6.07) is 11.6. The number of ether oxygens (including phenoxy) is 1. The Morgan fingerprint density at radius 1 is 1.14 bits per heavy atom. The predicted octanol–water partition coefficient (Wildman–Crippen LogP) is 3.42. The number of hydrogen-bond donors (Lipinski definition) is 2. The van der Waals surface area contributed by atoms with Crippen molar-refractivity contribution in [1.29, 1.82) is 0 Å². The van der Waals surface area contributed by atoms with Crippen LogP contribution in [0.15, 0.2) is 47.4 Å². The molecule has 1 amide bonds. The molecule has 29 heavy (non-hydrogen) atoms. The molecule has 0 saturated carbocycles. The van der Waals surface area contributed by atoms with Gasteiger partial charge in [-0.1, -0.05) is 35.3 Å². The second-order valence-electron chi connectivity index (χ2n) is 6.76. The zero-order valence-electron chi connectivity index (χ0n) is 15.7. The average Bonchev–Trinajstić information content (AvgIpc) is 3.22. The Morgan fingerprint density at radius 3 is 2.59 bits per heavy atom. The lowest BCUT2D eigenvalue weighted by Gasteiger charge is -2.13. The number of carbonyl (C=O) groups excluding carboxylic acids is 1. The van der Waals surface area contributed by atoms with Crippen LogP contribution >= 0.6 is 23.2 Å². The summed E-state index contributed by atoms with van der Waals surface area (Å²) in [7, 11) is -3.86. The zero-order valence-corrected chi connectivity index (χ0v) is 18.0. The number of rotatable bonds is 8. The molecule has 1 aliphatic rings. The van der Waals surface area contributed by atoms with Gasteiger partial charge in [-0.25, -0.2) is 13.1 Å². The Hall–Kier alpha value is -1.64. The fourth-order valence-corrected chi connectivity index (χ4v) is 4.73. The Kier molecular flexibility index (Phi) is 7.54. The highest BCUT2D eigenvalue weighted by Gasteiger charge is 2.23. The molecular weight excluding hydrogens is 435 g/mol. The van der Waals surface area contributed by atoms with E-state index in [9.17, 15) is 13.2 Å². The van der Waals surface area contributed by atoms with Crippen molar-refractivity contribution in [2.45, 2.75) is 30.3 Å². The van der Waals surface area contributed by atoms with Crippen molar-refractivity contribution in [3.63, 3.8) is 0 Å². The third-order valence-electron chi connectivity index (χ3n) is 4.62. The second-order valence-corrected chi connectivity index (χ2v) is 9.34. The number of carbonyl (C=O) groups is 1. The fraction of sp³-hybridized carbons (Fsp3) is 0.350. The molecule has 0 aliphatic carbocycles. The summed E-state index contributed by atoms with van der Waals surface area (Å²) < 4.78 is 33.2. The summed E-state index contributed by atoms with van der Waals surface area (Å²) in [5.74, 6) is -0.369. The summed E-state index contributed by atoms with van der Waals surface area (Å²) >= 11 is 11.9. The lowest BCUT2D eigenvalue weighted by molar-refractivity contribution is 0.0954. The maximum absolute atomic E-state index is 12.6. The first kappa shape index (κ1) is 22.1. The number of amides is 1. The highest BCUT2D eigenvalue weighted by molar-refractivity contribution is 7.89. The third kappa shape index (κ3) is 6.17. The minimum Gasteiger partial charge on any atom is -0.377 e. The standard InChI is InChI=1S/C20H22Cl2N2O4S/c21-16-6-3-14(4-7-16)9-10-23-20(25)15-5-8-18(22)19(12-15)29(26,27)24-13-17-2-1-11-28-17/h3-8,12,17,24H,1-2,9-11,13H2,(H,23,25). The smallest absolute Gasteiger partial charge is 0.251 e. The summed E-state index contributed by atoms with van der Waals surface area (Å²) in [6.45, 7) is 1.22. The van der Waals surface area contributed by atoms with Crippen LogP contribution in [0.25, 0.3) is 0 Å². The van der Waals surface area contributed by atoms with Crippen LogP contribution in [-0.2, 0) is 21.2 Å². The van der Waals surface area contributed by atoms with Crippen molar-refractivity contribution >= 4 is 39.1 Å². The predicted molar refractivity (Wildman–Crippen MR) is 113 cm³/mol. The molecule has 9 heteroatoms. The summed E-state index contributed by atoms with van der Waals surface area (Å²) in [4.78, 5) is 12.3. The Labute approximate surface area is 180 Å². The molecule has 1 atom stereocenters. The molecule has 1 saturated heterocycles. The van der Waals surface area contributed by atoms with Gasteiger partial charge in [-0.3, -0.25) is 4.79 Å². The van der Waals surface area contributed by atoms with E-state index in [1.165, 1.54) is 18.2 Å². The molecule has 1 fully saturated rings. The first-order valence-electron chi connectivity index (χ1n) is 9.28. The number of sulfonamides is 1. The van der Waals surface area contributed by atoms with Crippen LogP contribution in [0.3, 0.4) is 0 Å². The van der Waals surface area contributed by atoms with Crippen LogP contribution in [0, 0.1) is 0 Å². The minimum atomic E-state index is -3.86. The van der Waals surface area contributed by atoms with E-state index in [-0.39, 0.29) is 34.0 Å². The molecule has 1 heterocycles. The van der Waals surface area contributed by atoms with Crippen molar-refractivity contribution in [2.24, 2.45) is 0 Å². The molecule has 0 bridgehead atoms. The van der Waals surface area contributed by atoms with Gasteiger partial charge in [0.25, 0.3) is 5.91 Å². The molecule has 6 nitrogen and oxygen atoms in total. The molecule has 1 aliphatic heterocycles. The SMILES string of the molecule is O=C(NCCc1ccc(Cl)cc1)c1ccc(Cl)c(S(=O)(=O)NCC2CCCO2)c1. The highest BCUT2D eigenvalue weighted by Crippen LogP contribution is 2.23. The maximum Gasteiger partial charge on any atom is 0.251 e. The van der Waals surface area contributed by atoms with E-state index in [0.29, 0.717) is 24.6 Å². The number of nitrogens with one attached hydrogen (secondary N) is 2. The number of benzene rings is 2. The molecular formula is C20H22Cl2N2O4S. The van der Waals surface area contributed by atoms with Crippen molar-refractivity contribution in [1.82, 2.24) is 10.0 Å². The van der Waals surface area contributed by atoms with Crippen LogP contribution < -0.4 is 10.0 Å². The van der Waals surface area contributed by atoms with Crippen molar-refractivity contribution < 1.29 is 17.9 Å². The Morgan fingerprint density at radius 2 is 1.90 bits per heavy atom. The summed E-state index contributed by atoms with van der Waals surface area (Å²) in [5, 5.41) is 3.50. The van der Waals surface area contributed by atoms with Gasteiger partial charge in [0.15, 0.2) is 0 Å². The Bertz CT molecular complexity index is 959. The minimum absolute atomic E-state index is 0.0579. The van der Waals surface area contributed by atoms with Gasteiger partial charge in [-0.2, -0.15) is 0 Å². The molecule has 1 unspecified atom stereocenters. The van der Waals surface area contributed by atoms with Gasteiger partial charge in [0.05, 0.1) is 11.1 Å². The highest BCUT2D eigenvalue weighted by atomic mass is 35.5. The van der Waals surface area contributed by atoms with Crippen LogP contribution in [0.2, 0.25) is 10.0 Å². The van der Waals surface area contributed by atoms with E-state index < -0.39 is 10.0 Å². The van der Waals surface area contributed by atoms with E-state index in [1.807, 2.05) is 12.1 Å². The van der Waals surface area contributed by atoms with Gasteiger partial charge in [-0.15, -0.1) is 0 Å².